The van der Waals surface area contributed by atoms with E-state index >= 15 is 0 Å². The van der Waals surface area contributed by atoms with Crippen LogP contribution in [-0.4, -0.2) is 17.8 Å². The maximum Gasteiger partial charge on any atom is 0.119 e. The minimum absolute atomic E-state index is 0.125. The topological polar surface area (TPSA) is 24.7 Å². The van der Waals surface area contributed by atoms with Gasteiger partial charge < -0.3 is 10.0 Å². The summed E-state index contributed by atoms with van der Waals surface area (Å²) in [7, 11) is 2.30. The molecular weight excluding hydrogens is 354 g/mol. The average Bonchev–Trinajstić information content (AvgIpc) is 2.75. The standard InChI is InChI=1S/C27H31NO/c1-20-25(23-15-9-5-10-16-23)28(3)26(24-17-11-6-12-18-24)21(2)27(20,29)19-22-13-7-4-8-14-22/h4-18,20-21,25-26,29H,19H2,1-3H3/p+1/t20-,21-,25-,26-/m0/s1. The molecule has 0 unspecified atom stereocenters. The summed E-state index contributed by atoms with van der Waals surface area (Å²) < 4.78 is 0. The molecule has 0 aliphatic carbocycles. The van der Waals surface area contributed by atoms with Crippen molar-refractivity contribution in [3.8, 4) is 0 Å². The van der Waals surface area contributed by atoms with E-state index < -0.39 is 5.60 Å². The summed E-state index contributed by atoms with van der Waals surface area (Å²) in [6, 6.07) is 32.3. The number of hydrogen-bond donors (Lipinski definition) is 2. The van der Waals surface area contributed by atoms with Crippen LogP contribution in [-0.2, 0) is 6.42 Å². The lowest BCUT2D eigenvalue weighted by atomic mass is 9.63. The van der Waals surface area contributed by atoms with Crippen LogP contribution in [0.2, 0.25) is 0 Å². The predicted octanol–water partition coefficient (Wildman–Crippen LogP) is 4.24. The van der Waals surface area contributed by atoms with E-state index in [0.717, 1.165) is 0 Å². The molecule has 1 aliphatic heterocycles. The molecule has 4 atom stereocenters. The Bertz CT molecular complexity index is 856. The first kappa shape index (κ1) is 19.9. The highest BCUT2D eigenvalue weighted by molar-refractivity contribution is 5.26. The molecule has 29 heavy (non-hydrogen) atoms. The Morgan fingerprint density at radius 3 is 1.48 bits per heavy atom. The molecule has 2 heteroatoms. The maximum absolute atomic E-state index is 12.2. The quantitative estimate of drug-likeness (QED) is 0.689. The van der Waals surface area contributed by atoms with Crippen molar-refractivity contribution in [3.63, 3.8) is 0 Å². The molecular formula is C27H32NO+. The van der Waals surface area contributed by atoms with Crippen LogP contribution in [0.4, 0.5) is 0 Å². The Morgan fingerprint density at radius 1 is 0.690 bits per heavy atom. The van der Waals surface area contributed by atoms with E-state index in [0.29, 0.717) is 6.42 Å². The summed E-state index contributed by atoms with van der Waals surface area (Å²) >= 11 is 0. The number of hydrogen-bond acceptors (Lipinski definition) is 1. The summed E-state index contributed by atoms with van der Waals surface area (Å²) in [5.41, 5.74) is 3.02. The van der Waals surface area contributed by atoms with Gasteiger partial charge >= 0.3 is 0 Å². The molecule has 0 spiro atoms. The van der Waals surface area contributed by atoms with E-state index in [2.05, 4.69) is 106 Å². The second kappa shape index (κ2) is 8.14. The van der Waals surface area contributed by atoms with Gasteiger partial charge in [-0.2, -0.15) is 0 Å². The van der Waals surface area contributed by atoms with Crippen LogP contribution < -0.4 is 4.90 Å². The number of likely N-dealkylation sites (tertiary alicyclic amines) is 1. The number of rotatable bonds is 4. The largest absolute Gasteiger partial charge is 0.388 e. The third-order valence-electron chi connectivity index (χ3n) is 7.21. The van der Waals surface area contributed by atoms with Gasteiger partial charge in [0.15, 0.2) is 0 Å². The molecule has 1 saturated heterocycles. The van der Waals surface area contributed by atoms with Gasteiger partial charge in [0.25, 0.3) is 0 Å². The van der Waals surface area contributed by atoms with Crippen molar-refractivity contribution in [1.82, 2.24) is 0 Å². The van der Waals surface area contributed by atoms with Crippen molar-refractivity contribution in [2.45, 2.75) is 38.0 Å². The number of piperidine rings is 1. The fourth-order valence-corrected chi connectivity index (χ4v) is 5.64. The highest BCUT2D eigenvalue weighted by Gasteiger charge is 2.56. The molecule has 0 aromatic heterocycles. The molecule has 3 aromatic rings. The zero-order chi connectivity index (χ0) is 20.4. The first-order valence-corrected chi connectivity index (χ1v) is 10.7. The number of nitrogens with one attached hydrogen (secondary N) is 1. The maximum atomic E-state index is 12.2. The van der Waals surface area contributed by atoms with Crippen LogP contribution in [0.15, 0.2) is 91.0 Å². The van der Waals surface area contributed by atoms with Gasteiger partial charge in [0.05, 0.1) is 12.6 Å². The lowest BCUT2D eigenvalue weighted by Crippen LogP contribution is -3.13. The summed E-state index contributed by atoms with van der Waals surface area (Å²) in [6.45, 7) is 4.48. The Morgan fingerprint density at radius 2 is 1.07 bits per heavy atom. The Hall–Kier alpha value is -2.42. The van der Waals surface area contributed by atoms with Crippen molar-refractivity contribution >= 4 is 0 Å². The van der Waals surface area contributed by atoms with E-state index in [1.807, 2.05) is 6.07 Å². The first-order chi connectivity index (χ1) is 14.0. The fourth-order valence-electron chi connectivity index (χ4n) is 5.64. The molecule has 1 aliphatic rings. The van der Waals surface area contributed by atoms with Crippen molar-refractivity contribution in [3.05, 3.63) is 108 Å². The molecule has 4 rings (SSSR count). The van der Waals surface area contributed by atoms with Gasteiger partial charge in [0.2, 0.25) is 0 Å². The highest BCUT2D eigenvalue weighted by atomic mass is 16.3. The van der Waals surface area contributed by atoms with Crippen molar-refractivity contribution in [1.29, 1.82) is 0 Å². The van der Waals surface area contributed by atoms with Crippen LogP contribution >= 0.6 is 0 Å². The van der Waals surface area contributed by atoms with Crippen LogP contribution in [0.5, 0.6) is 0 Å². The average molecular weight is 387 g/mol. The second-order valence-corrected chi connectivity index (χ2v) is 8.75. The first-order valence-electron chi connectivity index (χ1n) is 10.7. The molecule has 0 bridgehead atoms. The van der Waals surface area contributed by atoms with E-state index in [1.165, 1.54) is 21.6 Å². The Balaban J connectivity index is 1.81. The van der Waals surface area contributed by atoms with Crippen LogP contribution in [0.25, 0.3) is 0 Å². The molecule has 150 valence electrons. The lowest BCUT2D eigenvalue weighted by Gasteiger charge is -2.53. The zero-order valence-electron chi connectivity index (χ0n) is 17.6. The smallest absolute Gasteiger partial charge is 0.119 e. The second-order valence-electron chi connectivity index (χ2n) is 8.75. The summed E-state index contributed by atoms with van der Waals surface area (Å²) in [5.74, 6) is 0.250. The molecule has 0 amide bonds. The van der Waals surface area contributed by atoms with Gasteiger partial charge in [-0.25, -0.2) is 0 Å². The minimum atomic E-state index is -0.790. The Kier molecular flexibility index (Phi) is 5.58. The third kappa shape index (κ3) is 3.63. The van der Waals surface area contributed by atoms with Crippen molar-refractivity contribution in [2.75, 3.05) is 7.05 Å². The number of aliphatic hydroxyl groups is 1. The zero-order valence-corrected chi connectivity index (χ0v) is 17.6. The SMILES string of the molecule is C[C@H]1[C@@H](c2ccccc2)[NH+](C)[C@H](c2ccccc2)[C@H](C)C1(O)Cc1ccccc1. The number of quaternary nitrogens is 1. The van der Waals surface area contributed by atoms with Gasteiger partial charge in [-0.1, -0.05) is 105 Å². The van der Waals surface area contributed by atoms with Crippen LogP contribution in [0, 0.1) is 11.8 Å². The van der Waals surface area contributed by atoms with Gasteiger partial charge in [-0.15, -0.1) is 0 Å². The lowest BCUT2D eigenvalue weighted by molar-refractivity contribution is -0.961. The molecule has 0 saturated carbocycles. The summed E-state index contributed by atoms with van der Waals surface area (Å²) in [5, 5.41) is 12.2. The highest BCUT2D eigenvalue weighted by Crippen LogP contribution is 2.45. The monoisotopic (exact) mass is 386 g/mol. The predicted molar refractivity (Wildman–Crippen MR) is 119 cm³/mol. The van der Waals surface area contributed by atoms with Crippen LogP contribution in [0.1, 0.15) is 42.6 Å². The normalized spacial score (nSPS) is 32.1. The van der Waals surface area contributed by atoms with Crippen molar-refractivity contribution in [2.24, 2.45) is 11.8 Å². The molecule has 1 heterocycles. The fraction of sp³-hybridized carbons (Fsp3) is 0.333. The summed E-state index contributed by atoms with van der Waals surface area (Å²) in [6.07, 6.45) is 0.677. The Labute approximate surface area is 174 Å². The van der Waals surface area contributed by atoms with E-state index in [4.69, 9.17) is 0 Å². The van der Waals surface area contributed by atoms with Crippen LogP contribution in [0.3, 0.4) is 0 Å². The van der Waals surface area contributed by atoms with E-state index in [1.54, 1.807) is 0 Å². The van der Waals surface area contributed by atoms with E-state index in [9.17, 15) is 5.11 Å². The van der Waals surface area contributed by atoms with Gasteiger partial charge in [-0.3, -0.25) is 0 Å². The van der Waals surface area contributed by atoms with Gasteiger partial charge in [0, 0.05) is 29.4 Å². The number of benzene rings is 3. The molecule has 2 nitrogen and oxygen atoms in total. The van der Waals surface area contributed by atoms with E-state index in [-0.39, 0.29) is 23.9 Å². The van der Waals surface area contributed by atoms with Gasteiger partial charge in [0.1, 0.15) is 12.1 Å². The van der Waals surface area contributed by atoms with Crippen molar-refractivity contribution < 1.29 is 10.0 Å². The van der Waals surface area contributed by atoms with Gasteiger partial charge in [-0.05, 0) is 5.56 Å². The summed E-state index contributed by atoms with van der Waals surface area (Å²) in [4.78, 5) is 1.46. The minimum Gasteiger partial charge on any atom is -0.388 e. The third-order valence-corrected chi connectivity index (χ3v) is 7.21. The molecule has 1 fully saturated rings. The molecule has 2 N–H and O–H groups in total. The molecule has 0 radical (unpaired) electrons. The molecule has 3 aromatic carbocycles.